The van der Waals surface area contributed by atoms with Crippen LogP contribution in [0, 0.1) is 17.8 Å². The lowest BCUT2D eigenvalue weighted by Crippen LogP contribution is -2.35. The van der Waals surface area contributed by atoms with Crippen LogP contribution in [0.5, 0.6) is 0 Å². The minimum Gasteiger partial charge on any atom is -0.396 e. The summed E-state index contributed by atoms with van der Waals surface area (Å²) in [7, 11) is 0. The molecule has 1 saturated carbocycles. The van der Waals surface area contributed by atoms with E-state index in [2.05, 4.69) is 21.8 Å². The molecule has 1 aliphatic heterocycles. The molecule has 0 spiro atoms. The third-order valence-electron chi connectivity index (χ3n) is 4.74. The van der Waals surface area contributed by atoms with Gasteiger partial charge in [-0.3, -0.25) is 0 Å². The Balaban J connectivity index is 1.54. The zero-order valence-corrected chi connectivity index (χ0v) is 11.6. The fourth-order valence-electron chi connectivity index (χ4n) is 3.28. The largest absolute Gasteiger partial charge is 0.396 e. The van der Waals surface area contributed by atoms with Crippen molar-refractivity contribution in [1.82, 2.24) is 9.97 Å². The van der Waals surface area contributed by atoms with Crippen LogP contribution in [-0.2, 0) is 6.42 Å². The summed E-state index contributed by atoms with van der Waals surface area (Å²) in [5.74, 6) is 3.07. The lowest BCUT2D eigenvalue weighted by Gasteiger charge is -2.32. The van der Waals surface area contributed by atoms with Gasteiger partial charge in [0.1, 0.15) is 0 Å². The van der Waals surface area contributed by atoms with Gasteiger partial charge < -0.3 is 10.0 Å². The molecule has 0 aromatic carbocycles. The summed E-state index contributed by atoms with van der Waals surface area (Å²) in [5.41, 5.74) is 1.20. The third-order valence-corrected chi connectivity index (χ3v) is 4.74. The Morgan fingerprint density at radius 1 is 1.26 bits per heavy atom. The second-order valence-corrected chi connectivity index (χ2v) is 5.91. The minimum absolute atomic E-state index is 0.381. The molecule has 3 rings (SSSR count). The van der Waals surface area contributed by atoms with Crippen LogP contribution >= 0.6 is 0 Å². The van der Waals surface area contributed by atoms with Crippen molar-refractivity contribution >= 4 is 5.95 Å². The van der Waals surface area contributed by atoms with Crippen molar-refractivity contribution in [2.45, 2.75) is 32.6 Å². The van der Waals surface area contributed by atoms with E-state index in [9.17, 15) is 0 Å². The molecule has 1 saturated heterocycles. The lowest BCUT2D eigenvalue weighted by atomic mass is 9.91. The SMILES string of the molecule is CCc1cnc(N2CCC(C3CC3CO)CC2)nc1. The first kappa shape index (κ1) is 12.9. The molecule has 1 aliphatic carbocycles. The van der Waals surface area contributed by atoms with Crippen molar-refractivity contribution in [3.8, 4) is 0 Å². The van der Waals surface area contributed by atoms with Crippen LogP contribution in [0.3, 0.4) is 0 Å². The summed E-state index contributed by atoms with van der Waals surface area (Å²) in [6, 6.07) is 0. The Bertz CT molecular complexity index is 412. The van der Waals surface area contributed by atoms with Gasteiger partial charge in [0, 0.05) is 32.1 Å². The second-order valence-electron chi connectivity index (χ2n) is 5.91. The maximum atomic E-state index is 9.16. The molecule has 2 aliphatic rings. The highest BCUT2D eigenvalue weighted by molar-refractivity contribution is 5.30. The smallest absolute Gasteiger partial charge is 0.225 e. The number of aliphatic hydroxyl groups is 1. The number of aryl methyl sites for hydroxylation is 1. The molecular formula is C15H23N3O. The Morgan fingerprint density at radius 3 is 2.47 bits per heavy atom. The first-order valence-corrected chi connectivity index (χ1v) is 7.48. The zero-order chi connectivity index (χ0) is 13.2. The Hall–Kier alpha value is -1.16. The number of aromatic nitrogens is 2. The van der Waals surface area contributed by atoms with Gasteiger partial charge in [-0.1, -0.05) is 6.92 Å². The molecule has 2 heterocycles. The van der Waals surface area contributed by atoms with E-state index in [1.807, 2.05) is 12.4 Å². The predicted octanol–water partition coefficient (Wildman–Crippen LogP) is 1.88. The van der Waals surface area contributed by atoms with Crippen LogP contribution < -0.4 is 4.90 Å². The van der Waals surface area contributed by atoms with Crippen molar-refractivity contribution in [2.24, 2.45) is 17.8 Å². The average Bonchev–Trinajstić information content (AvgIpc) is 3.27. The van der Waals surface area contributed by atoms with E-state index in [-0.39, 0.29) is 0 Å². The fourth-order valence-corrected chi connectivity index (χ4v) is 3.28. The van der Waals surface area contributed by atoms with Gasteiger partial charge in [-0.25, -0.2) is 9.97 Å². The minimum atomic E-state index is 0.381. The Labute approximate surface area is 114 Å². The van der Waals surface area contributed by atoms with Crippen LogP contribution in [0.2, 0.25) is 0 Å². The number of rotatable bonds is 4. The molecule has 2 unspecified atom stereocenters. The summed E-state index contributed by atoms with van der Waals surface area (Å²) >= 11 is 0. The Kier molecular flexibility index (Phi) is 3.69. The molecule has 0 bridgehead atoms. The number of nitrogens with zero attached hydrogens (tertiary/aromatic N) is 3. The van der Waals surface area contributed by atoms with Crippen molar-refractivity contribution < 1.29 is 5.11 Å². The van der Waals surface area contributed by atoms with E-state index in [1.54, 1.807) is 0 Å². The van der Waals surface area contributed by atoms with E-state index < -0.39 is 0 Å². The molecule has 0 radical (unpaired) electrons. The number of hydrogen-bond donors (Lipinski definition) is 1. The molecule has 2 atom stereocenters. The highest BCUT2D eigenvalue weighted by Crippen LogP contribution is 2.47. The normalized spacial score (nSPS) is 27.6. The van der Waals surface area contributed by atoms with Gasteiger partial charge in [0.25, 0.3) is 0 Å². The van der Waals surface area contributed by atoms with Crippen molar-refractivity contribution in [3.05, 3.63) is 18.0 Å². The molecule has 19 heavy (non-hydrogen) atoms. The fraction of sp³-hybridized carbons (Fsp3) is 0.733. The molecule has 1 aromatic rings. The first-order valence-electron chi connectivity index (χ1n) is 7.48. The van der Waals surface area contributed by atoms with Crippen LogP contribution in [0.1, 0.15) is 31.7 Å². The molecule has 104 valence electrons. The molecule has 2 fully saturated rings. The van der Waals surface area contributed by atoms with Crippen LogP contribution in [0.15, 0.2) is 12.4 Å². The second kappa shape index (κ2) is 5.45. The summed E-state index contributed by atoms with van der Waals surface area (Å²) in [4.78, 5) is 11.2. The van der Waals surface area contributed by atoms with Crippen LogP contribution in [0.4, 0.5) is 5.95 Å². The van der Waals surface area contributed by atoms with Crippen molar-refractivity contribution in [2.75, 3.05) is 24.6 Å². The van der Waals surface area contributed by atoms with E-state index in [0.717, 1.165) is 37.3 Å². The molecule has 0 amide bonds. The van der Waals surface area contributed by atoms with Gasteiger partial charge in [0.15, 0.2) is 0 Å². The number of hydrogen-bond acceptors (Lipinski definition) is 4. The number of anilines is 1. The van der Waals surface area contributed by atoms with Crippen molar-refractivity contribution in [1.29, 1.82) is 0 Å². The quantitative estimate of drug-likeness (QED) is 0.899. The summed E-state index contributed by atoms with van der Waals surface area (Å²) in [6.07, 6.45) is 8.56. The topological polar surface area (TPSA) is 49.2 Å². The molecular weight excluding hydrogens is 238 g/mol. The highest BCUT2D eigenvalue weighted by atomic mass is 16.3. The number of piperidine rings is 1. The third kappa shape index (κ3) is 2.73. The highest BCUT2D eigenvalue weighted by Gasteiger charge is 2.43. The predicted molar refractivity (Wildman–Crippen MR) is 75.0 cm³/mol. The average molecular weight is 261 g/mol. The van der Waals surface area contributed by atoms with Gasteiger partial charge in [0.2, 0.25) is 5.95 Å². The Morgan fingerprint density at radius 2 is 1.95 bits per heavy atom. The van der Waals surface area contributed by atoms with Crippen LogP contribution in [-0.4, -0.2) is 34.8 Å². The maximum Gasteiger partial charge on any atom is 0.225 e. The summed E-state index contributed by atoms with van der Waals surface area (Å²) in [5, 5.41) is 9.16. The van der Waals surface area contributed by atoms with Crippen LogP contribution in [0.25, 0.3) is 0 Å². The van der Waals surface area contributed by atoms with Gasteiger partial charge in [-0.15, -0.1) is 0 Å². The van der Waals surface area contributed by atoms with E-state index >= 15 is 0 Å². The molecule has 4 nitrogen and oxygen atoms in total. The number of aliphatic hydroxyl groups excluding tert-OH is 1. The van der Waals surface area contributed by atoms with Gasteiger partial charge in [-0.05, 0) is 49.0 Å². The van der Waals surface area contributed by atoms with E-state index in [0.29, 0.717) is 12.5 Å². The summed E-state index contributed by atoms with van der Waals surface area (Å²) in [6.45, 7) is 4.62. The van der Waals surface area contributed by atoms with Gasteiger partial charge >= 0.3 is 0 Å². The van der Waals surface area contributed by atoms with Crippen molar-refractivity contribution in [3.63, 3.8) is 0 Å². The maximum absolute atomic E-state index is 9.16. The van der Waals surface area contributed by atoms with Gasteiger partial charge in [-0.2, -0.15) is 0 Å². The summed E-state index contributed by atoms with van der Waals surface area (Å²) < 4.78 is 0. The molecule has 1 N–H and O–H groups in total. The standard InChI is InChI=1S/C15H23N3O/c1-2-11-8-16-15(17-9-11)18-5-3-12(4-6-18)14-7-13(14)10-19/h8-9,12-14,19H,2-7,10H2,1H3. The van der Waals surface area contributed by atoms with E-state index in [1.165, 1.54) is 24.8 Å². The zero-order valence-electron chi connectivity index (χ0n) is 11.6. The monoisotopic (exact) mass is 261 g/mol. The molecule has 1 aromatic heterocycles. The first-order chi connectivity index (χ1) is 9.31. The molecule has 4 heteroatoms. The lowest BCUT2D eigenvalue weighted by molar-refractivity contribution is 0.248. The van der Waals surface area contributed by atoms with Gasteiger partial charge in [0.05, 0.1) is 0 Å². The van der Waals surface area contributed by atoms with E-state index in [4.69, 9.17) is 5.11 Å².